The summed E-state index contributed by atoms with van der Waals surface area (Å²) in [5.74, 6) is 0.709. The van der Waals surface area contributed by atoms with Crippen LogP contribution in [0.4, 0.5) is 0 Å². The second kappa shape index (κ2) is 5.23. The Balaban J connectivity index is 0.000000810. The predicted octanol–water partition coefficient (Wildman–Crippen LogP) is 1.56. The molecule has 0 saturated carbocycles. The van der Waals surface area contributed by atoms with Gasteiger partial charge in [-0.1, -0.05) is 18.7 Å². The molecule has 1 unspecified atom stereocenters. The Hall–Kier alpha value is 0.550. The third-order valence-corrected chi connectivity index (χ3v) is 2.00. The molecule has 0 aromatic heterocycles. The molecule has 0 aliphatic carbocycles. The minimum Gasteiger partial charge on any atom is -0.365 e. The zero-order valence-corrected chi connectivity index (χ0v) is 9.40. The quantitative estimate of drug-likeness (QED) is 0.677. The zero-order valence-electron chi connectivity index (χ0n) is 6.26. The highest BCUT2D eigenvalue weighted by Crippen LogP contribution is 2.04. The molecule has 0 saturated heterocycles. The number of rotatable bonds is 0. The van der Waals surface area contributed by atoms with E-state index in [4.69, 9.17) is 0 Å². The van der Waals surface area contributed by atoms with E-state index in [1.54, 1.807) is 11.8 Å². The second-order valence-electron chi connectivity index (χ2n) is 2.34. The van der Waals surface area contributed by atoms with Crippen LogP contribution in [0.15, 0.2) is 4.99 Å². The van der Waals surface area contributed by atoms with Gasteiger partial charge in [-0.25, -0.2) is 0 Å². The molecule has 0 bridgehead atoms. The summed E-state index contributed by atoms with van der Waals surface area (Å²) in [6.07, 6.45) is 2.04. The summed E-state index contributed by atoms with van der Waals surface area (Å²) < 4.78 is 0. The molecular weight excluding hydrogens is 259 g/mol. The number of nitrogens with one attached hydrogen (secondary N) is 1. The molecule has 0 spiro atoms. The monoisotopic (exact) mass is 272 g/mol. The fourth-order valence-electron chi connectivity index (χ4n) is 0.757. The molecule has 0 amide bonds. The molecule has 1 rings (SSSR count). The first-order chi connectivity index (χ1) is 4.33. The molecule has 1 N–H and O–H groups in total. The van der Waals surface area contributed by atoms with Gasteiger partial charge in [0.2, 0.25) is 0 Å². The lowest BCUT2D eigenvalue weighted by Crippen LogP contribution is -2.32. The van der Waals surface area contributed by atoms with E-state index in [9.17, 15) is 0 Å². The number of hydrogen-bond acceptors (Lipinski definition) is 3. The van der Waals surface area contributed by atoms with Crippen molar-refractivity contribution in [3.63, 3.8) is 0 Å². The van der Waals surface area contributed by atoms with Crippen molar-refractivity contribution in [2.75, 3.05) is 19.3 Å². The van der Waals surface area contributed by atoms with Crippen molar-refractivity contribution < 1.29 is 0 Å². The van der Waals surface area contributed by atoms with Crippen LogP contribution in [0, 0.1) is 5.92 Å². The van der Waals surface area contributed by atoms with E-state index in [0.29, 0.717) is 5.92 Å². The standard InChI is InChI=1S/C6H12N2S.HI/c1-5-3-7-6(9-2)8-4-5;/h5H,3-4H2,1-2H3,(H,7,8);1H. The maximum absolute atomic E-state index is 4.30. The lowest BCUT2D eigenvalue weighted by molar-refractivity contribution is 0.559. The minimum absolute atomic E-state index is 0. The van der Waals surface area contributed by atoms with Crippen molar-refractivity contribution in [3.05, 3.63) is 0 Å². The largest absolute Gasteiger partial charge is 0.365 e. The molecular formula is C6H13IN2S. The Morgan fingerprint density at radius 2 is 2.40 bits per heavy atom. The summed E-state index contributed by atoms with van der Waals surface area (Å²) in [5.41, 5.74) is 0. The zero-order chi connectivity index (χ0) is 6.69. The highest BCUT2D eigenvalue weighted by molar-refractivity contribution is 14.0. The number of nitrogens with zero attached hydrogens (tertiary/aromatic N) is 1. The first kappa shape index (κ1) is 10.6. The summed E-state index contributed by atoms with van der Waals surface area (Å²) in [7, 11) is 0. The van der Waals surface area contributed by atoms with Crippen molar-refractivity contribution in [2.45, 2.75) is 6.92 Å². The summed E-state index contributed by atoms with van der Waals surface area (Å²) in [5, 5.41) is 4.32. The van der Waals surface area contributed by atoms with Crippen molar-refractivity contribution in [2.24, 2.45) is 10.9 Å². The van der Waals surface area contributed by atoms with Gasteiger partial charge in [0.15, 0.2) is 5.17 Å². The van der Waals surface area contributed by atoms with Crippen LogP contribution in [-0.2, 0) is 0 Å². The predicted molar refractivity (Wildman–Crippen MR) is 58.4 cm³/mol. The van der Waals surface area contributed by atoms with Gasteiger partial charge in [-0.15, -0.1) is 24.0 Å². The van der Waals surface area contributed by atoms with Crippen molar-refractivity contribution in [3.8, 4) is 0 Å². The average Bonchev–Trinajstić information content (AvgIpc) is 1.90. The SMILES string of the molecule is CSC1=NCC(C)CN1.I. The van der Waals surface area contributed by atoms with Crippen molar-refractivity contribution in [1.29, 1.82) is 0 Å². The maximum Gasteiger partial charge on any atom is 0.156 e. The van der Waals surface area contributed by atoms with E-state index in [-0.39, 0.29) is 24.0 Å². The Morgan fingerprint density at radius 3 is 2.80 bits per heavy atom. The highest BCUT2D eigenvalue weighted by Gasteiger charge is 2.07. The van der Waals surface area contributed by atoms with E-state index >= 15 is 0 Å². The van der Waals surface area contributed by atoms with Crippen LogP contribution in [0.1, 0.15) is 6.92 Å². The fourth-order valence-corrected chi connectivity index (χ4v) is 1.19. The molecule has 1 heterocycles. The van der Waals surface area contributed by atoms with Crippen molar-refractivity contribution in [1.82, 2.24) is 5.32 Å². The molecule has 2 nitrogen and oxygen atoms in total. The number of thioether (sulfide) groups is 1. The van der Waals surface area contributed by atoms with Gasteiger partial charge in [0.05, 0.1) is 0 Å². The van der Waals surface area contributed by atoms with Gasteiger partial charge in [-0.05, 0) is 12.2 Å². The summed E-state index contributed by atoms with van der Waals surface area (Å²) in [4.78, 5) is 4.30. The van der Waals surface area contributed by atoms with E-state index in [0.717, 1.165) is 18.3 Å². The maximum atomic E-state index is 4.30. The molecule has 10 heavy (non-hydrogen) atoms. The third-order valence-electron chi connectivity index (χ3n) is 1.34. The van der Waals surface area contributed by atoms with Crippen molar-refractivity contribution >= 4 is 40.9 Å². The van der Waals surface area contributed by atoms with Crippen LogP contribution in [0.5, 0.6) is 0 Å². The van der Waals surface area contributed by atoms with Crippen LogP contribution < -0.4 is 5.32 Å². The van der Waals surface area contributed by atoms with E-state index < -0.39 is 0 Å². The molecule has 1 atom stereocenters. The van der Waals surface area contributed by atoms with Crippen LogP contribution in [0.3, 0.4) is 0 Å². The smallest absolute Gasteiger partial charge is 0.156 e. The third kappa shape index (κ3) is 3.09. The topological polar surface area (TPSA) is 24.4 Å². The molecule has 0 fully saturated rings. The number of halogens is 1. The molecule has 1 aliphatic rings. The first-order valence-electron chi connectivity index (χ1n) is 3.15. The summed E-state index contributed by atoms with van der Waals surface area (Å²) in [6, 6.07) is 0. The lowest BCUT2D eigenvalue weighted by Gasteiger charge is -2.17. The number of aliphatic imine (C=N–C) groups is 1. The molecule has 0 aromatic rings. The lowest BCUT2D eigenvalue weighted by atomic mass is 10.2. The molecule has 0 aromatic carbocycles. The van der Waals surface area contributed by atoms with E-state index in [1.165, 1.54) is 0 Å². The van der Waals surface area contributed by atoms with Gasteiger partial charge in [-0.3, -0.25) is 4.99 Å². The Morgan fingerprint density at radius 1 is 1.70 bits per heavy atom. The van der Waals surface area contributed by atoms with Gasteiger partial charge in [0.1, 0.15) is 0 Å². The average molecular weight is 272 g/mol. The Bertz CT molecular complexity index is 127. The van der Waals surface area contributed by atoms with Gasteiger partial charge >= 0.3 is 0 Å². The van der Waals surface area contributed by atoms with Crippen LogP contribution in [0.25, 0.3) is 0 Å². The number of hydrogen-bond donors (Lipinski definition) is 1. The summed E-state index contributed by atoms with van der Waals surface area (Å²) in [6.45, 7) is 4.27. The van der Waals surface area contributed by atoms with E-state index in [1.807, 2.05) is 6.26 Å². The van der Waals surface area contributed by atoms with Gasteiger partial charge < -0.3 is 5.32 Å². The second-order valence-corrected chi connectivity index (χ2v) is 3.13. The minimum atomic E-state index is 0. The first-order valence-corrected chi connectivity index (χ1v) is 4.37. The van der Waals surface area contributed by atoms with Crippen LogP contribution in [0.2, 0.25) is 0 Å². The molecule has 1 aliphatic heterocycles. The Kier molecular flexibility index (Phi) is 5.52. The summed E-state index contributed by atoms with van der Waals surface area (Å²) >= 11 is 1.69. The Labute approximate surface area is 83.3 Å². The van der Waals surface area contributed by atoms with Crippen LogP contribution in [-0.4, -0.2) is 24.5 Å². The van der Waals surface area contributed by atoms with Gasteiger partial charge in [0, 0.05) is 13.1 Å². The molecule has 60 valence electrons. The fraction of sp³-hybridized carbons (Fsp3) is 0.833. The molecule has 4 heteroatoms. The van der Waals surface area contributed by atoms with Gasteiger partial charge in [0.25, 0.3) is 0 Å². The van der Waals surface area contributed by atoms with E-state index in [2.05, 4.69) is 17.2 Å². The van der Waals surface area contributed by atoms with Gasteiger partial charge in [-0.2, -0.15) is 0 Å². The molecule has 0 radical (unpaired) electrons. The highest BCUT2D eigenvalue weighted by atomic mass is 127. The normalized spacial score (nSPS) is 24.2. The van der Waals surface area contributed by atoms with Crippen LogP contribution >= 0.6 is 35.7 Å². The number of amidine groups is 1.